The summed E-state index contributed by atoms with van der Waals surface area (Å²) < 4.78 is 32.8. The van der Waals surface area contributed by atoms with Crippen LogP contribution in [0.3, 0.4) is 0 Å². The molecular formula is C14H19F2NO. The molecule has 0 saturated heterocycles. The molecule has 100 valence electrons. The zero-order valence-corrected chi connectivity index (χ0v) is 10.8. The lowest BCUT2D eigenvalue weighted by atomic mass is 9.72. The van der Waals surface area contributed by atoms with Gasteiger partial charge in [-0.15, -0.1) is 0 Å². The zero-order chi connectivity index (χ0) is 13.2. The number of halogens is 2. The maximum atomic E-state index is 13.9. The van der Waals surface area contributed by atoms with Gasteiger partial charge in [-0.05, 0) is 44.0 Å². The van der Waals surface area contributed by atoms with Crippen molar-refractivity contribution >= 4 is 0 Å². The second-order valence-corrected chi connectivity index (χ2v) is 4.78. The first kappa shape index (κ1) is 13.4. The summed E-state index contributed by atoms with van der Waals surface area (Å²) in [7, 11) is 1.64. The van der Waals surface area contributed by atoms with Crippen molar-refractivity contribution in [3.63, 3.8) is 0 Å². The number of hydrogen-bond donors (Lipinski definition) is 1. The largest absolute Gasteiger partial charge is 0.376 e. The Kier molecular flexibility index (Phi) is 3.97. The fourth-order valence-corrected chi connectivity index (χ4v) is 2.66. The molecule has 1 fully saturated rings. The molecule has 0 aliphatic heterocycles. The van der Waals surface area contributed by atoms with Crippen molar-refractivity contribution in [1.29, 1.82) is 0 Å². The topological polar surface area (TPSA) is 21.3 Å². The Morgan fingerprint density at radius 2 is 2.11 bits per heavy atom. The van der Waals surface area contributed by atoms with E-state index in [4.69, 9.17) is 4.74 Å². The van der Waals surface area contributed by atoms with Crippen molar-refractivity contribution in [3.05, 3.63) is 35.4 Å². The van der Waals surface area contributed by atoms with Gasteiger partial charge >= 0.3 is 0 Å². The van der Waals surface area contributed by atoms with Gasteiger partial charge in [0.1, 0.15) is 11.6 Å². The molecule has 1 N–H and O–H groups in total. The molecule has 1 atom stereocenters. The summed E-state index contributed by atoms with van der Waals surface area (Å²) in [5.74, 6) is -0.800. The summed E-state index contributed by atoms with van der Waals surface area (Å²) in [5.41, 5.74) is -0.0385. The fraction of sp³-hybridized carbons (Fsp3) is 0.571. The van der Waals surface area contributed by atoms with E-state index in [0.29, 0.717) is 12.1 Å². The van der Waals surface area contributed by atoms with Crippen molar-refractivity contribution in [3.8, 4) is 0 Å². The SMILES string of the molecule is CCNC(c1cc(F)ccc1F)C1(OC)CCC1. The molecule has 1 aromatic carbocycles. The van der Waals surface area contributed by atoms with Crippen molar-refractivity contribution in [2.75, 3.05) is 13.7 Å². The van der Waals surface area contributed by atoms with Gasteiger partial charge < -0.3 is 10.1 Å². The first-order valence-electron chi connectivity index (χ1n) is 6.36. The third kappa shape index (κ3) is 2.27. The van der Waals surface area contributed by atoms with Gasteiger partial charge in [-0.3, -0.25) is 0 Å². The van der Waals surface area contributed by atoms with Gasteiger partial charge in [0, 0.05) is 12.7 Å². The Hall–Kier alpha value is -1.00. The summed E-state index contributed by atoms with van der Waals surface area (Å²) in [6, 6.07) is 3.29. The summed E-state index contributed by atoms with van der Waals surface area (Å²) in [6.45, 7) is 2.64. The van der Waals surface area contributed by atoms with Crippen LogP contribution in [0.15, 0.2) is 18.2 Å². The lowest BCUT2D eigenvalue weighted by Gasteiger charge is -2.47. The Balaban J connectivity index is 2.37. The highest BCUT2D eigenvalue weighted by Gasteiger charge is 2.45. The van der Waals surface area contributed by atoms with Crippen molar-refractivity contribution in [2.45, 2.75) is 37.8 Å². The van der Waals surface area contributed by atoms with E-state index in [1.54, 1.807) is 7.11 Å². The maximum absolute atomic E-state index is 13.9. The molecule has 1 aliphatic carbocycles. The summed E-state index contributed by atoms with van der Waals surface area (Å²) in [5, 5.41) is 3.23. The minimum absolute atomic E-state index is 0.294. The minimum atomic E-state index is -0.417. The molecule has 1 aliphatic rings. The number of likely N-dealkylation sites (N-methyl/N-ethyl adjacent to an activating group) is 1. The van der Waals surface area contributed by atoms with Gasteiger partial charge in [-0.1, -0.05) is 6.92 Å². The first-order chi connectivity index (χ1) is 8.63. The van der Waals surface area contributed by atoms with E-state index in [0.717, 1.165) is 25.3 Å². The third-order valence-corrected chi connectivity index (χ3v) is 3.81. The van der Waals surface area contributed by atoms with Crippen LogP contribution in [0.4, 0.5) is 8.78 Å². The van der Waals surface area contributed by atoms with Crippen LogP contribution >= 0.6 is 0 Å². The van der Waals surface area contributed by atoms with Crippen LogP contribution in [0, 0.1) is 11.6 Å². The molecule has 2 rings (SSSR count). The standard InChI is InChI=1S/C14H19F2NO/c1-3-17-13(14(18-2)7-4-8-14)11-9-10(15)5-6-12(11)16/h5-6,9,13,17H,3-4,7-8H2,1-2H3. The van der Waals surface area contributed by atoms with E-state index in [9.17, 15) is 8.78 Å². The third-order valence-electron chi connectivity index (χ3n) is 3.81. The smallest absolute Gasteiger partial charge is 0.128 e. The highest BCUT2D eigenvalue weighted by molar-refractivity contribution is 5.26. The second-order valence-electron chi connectivity index (χ2n) is 4.78. The molecule has 18 heavy (non-hydrogen) atoms. The van der Waals surface area contributed by atoms with E-state index in [1.807, 2.05) is 6.92 Å². The average molecular weight is 255 g/mol. The Morgan fingerprint density at radius 1 is 1.39 bits per heavy atom. The molecule has 2 nitrogen and oxygen atoms in total. The van der Waals surface area contributed by atoms with Crippen LogP contribution in [-0.4, -0.2) is 19.3 Å². The monoisotopic (exact) mass is 255 g/mol. The molecule has 1 saturated carbocycles. The number of methoxy groups -OCH3 is 1. The van der Waals surface area contributed by atoms with Crippen LogP contribution in [0.25, 0.3) is 0 Å². The summed E-state index contributed by atoms with van der Waals surface area (Å²) in [6.07, 6.45) is 2.81. The van der Waals surface area contributed by atoms with Gasteiger partial charge in [-0.25, -0.2) is 8.78 Å². The Bertz CT molecular complexity index is 413. The van der Waals surface area contributed by atoms with Gasteiger partial charge in [0.25, 0.3) is 0 Å². The fourth-order valence-electron chi connectivity index (χ4n) is 2.66. The summed E-state index contributed by atoms with van der Waals surface area (Å²) in [4.78, 5) is 0. The quantitative estimate of drug-likeness (QED) is 0.872. The van der Waals surface area contributed by atoms with Gasteiger partial charge in [-0.2, -0.15) is 0 Å². The molecule has 4 heteroatoms. The van der Waals surface area contributed by atoms with Crippen LogP contribution in [0.1, 0.15) is 37.8 Å². The molecule has 0 spiro atoms. The number of benzene rings is 1. The van der Waals surface area contributed by atoms with Crippen molar-refractivity contribution < 1.29 is 13.5 Å². The lowest BCUT2D eigenvalue weighted by molar-refractivity contribution is -0.100. The number of hydrogen-bond acceptors (Lipinski definition) is 2. The number of ether oxygens (including phenoxy) is 1. The summed E-state index contributed by atoms with van der Waals surface area (Å²) >= 11 is 0. The molecule has 1 unspecified atom stereocenters. The van der Waals surface area contributed by atoms with Crippen molar-refractivity contribution in [2.24, 2.45) is 0 Å². The average Bonchev–Trinajstić information content (AvgIpc) is 2.31. The molecular weight excluding hydrogens is 236 g/mol. The Labute approximate surface area is 106 Å². The lowest BCUT2D eigenvalue weighted by Crippen LogP contribution is -2.50. The van der Waals surface area contributed by atoms with E-state index in [1.165, 1.54) is 12.1 Å². The van der Waals surface area contributed by atoms with Crippen molar-refractivity contribution in [1.82, 2.24) is 5.32 Å². The van der Waals surface area contributed by atoms with Gasteiger partial charge in [0.05, 0.1) is 11.6 Å². The predicted molar refractivity (Wildman–Crippen MR) is 66.4 cm³/mol. The molecule has 0 radical (unpaired) electrons. The maximum Gasteiger partial charge on any atom is 0.128 e. The molecule has 0 aromatic heterocycles. The molecule has 0 bridgehead atoms. The predicted octanol–water partition coefficient (Wildman–Crippen LogP) is 3.18. The zero-order valence-electron chi connectivity index (χ0n) is 10.8. The van der Waals surface area contributed by atoms with Gasteiger partial charge in [0.15, 0.2) is 0 Å². The molecule has 1 aromatic rings. The normalized spacial score (nSPS) is 19.3. The first-order valence-corrected chi connectivity index (χ1v) is 6.36. The van der Waals surface area contributed by atoms with Crippen LogP contribution in [0.2, 0.25) is 0 Å². The molecule has 0 heterocycles. The van der Waals surface area contributed by atoms with Gasteiger partial charge in [0.2, 0.25) is 0 Å². The van der Waals surface area contributed by atoms with Crippen LogP contribution < -0.4 is 5.32 Å². The van der Waals surface area contributed by atoms with E-state index >= 15 is 0 Å². The minimum Gasteiger partial charge on any atom is -0.376 e. The van der Waals surface area contributed by atoms with E-state index < -0.39 is 11.4 Å². The van der Waals surface area contributed by atoms with Crippen LogP contribution in [0.5, 0.6) is 0 Å². The Morgan fingerprint density at radius 3 is 2.61 bits per heavy atom. The van der Waals surface area contributed by atoms with Crippen LogP contribution in [-0.2, 0) is 4.74 Å². The molecule has 0 amide bonds. The highest BCUT2D eigenvalue weighted by atomic mass is 19.1. The van der Waals surface area contributed by atoms with E-state index in [-0.39, 0.29) is 11.9 Å². The van der Waals surface area contributed by atoms with E-state index in [2.05, 4.69) is 5.32 Å². The number of nitrogens with one attached hydrogen (secondary N) is 1. The highest BCUT2D eigenvalue weighted by Crippen LogP contribution is 2.45. The second kappa shape index (κ2) is 5.33. The number of rotatable bonds is 5.